The summed E-state index contributed by atoms with van der Waals surface area (Å²) in [4.78, 5) is 3.95. The van der Waals surface area contributed by atoms with E-state index in [0.717, 1.165) is 5.56 Å². The van der Waals surface area contributed by atoms with Crippen molar-refractivity contribution in [2.45, 2.75) is 6.92 Å². The number of nitrogen functional groups attached to an aromatic ring is 1. The summed E-state index contributed by atoms with van der Waals surface area (Å²) >= 11 is 0. The van der Waals surface area contributed by atoms with E-state index in [-0.39, 0.29) is 5.82 Å². The van der Waals surface area contributed by atoms with Gasteiger partial charge in [0.05, 0.1) is 5.69 Å². The van der Waals surface area contributed by atoms with Crippen LogP contribution in [-0.4, -0.2) is 4.98 Å². The fraction of sp³-hybridized carbons (Fsp3) is 0.0833. The molecule has 82 valence electrons. The van der Waals surface area contributed by atoms with Crippen LogP contribution in [0.3, 0.4) is 0 Å². The maximum atomic E-state index is 13.1. The van der Waals surface area contributed by atoms with E-state index in [9.17, 15) is 4.39 Å². The summed E-state index contributed by atoms with van der Waals surface area (Å²) in [7, 11) is 0. The first-order valence-corrected chi connectivity index (χ1v) is 4.90. The lowest BCUT2D eigenvalue weighted by molar-refractivity contribution is 0.628. The maximum Gasteiger partial charge on any atom is 0.147 e. The van der Waals surface area contributed by atoms with Crippen molar-refractivity contribution in [2.75, 3.05) is 11.1 Å². The van der Waals surface area contributed by atoms with Crippen LogP contribution in [0.25, 0.3) is 0 Å². The molecule has 4 heteroatoms. The lowest BCUT2D eigenvalue weighted by Gasteiger charge is -2.10. The zero-order valence-electron chi connectivity index (χ0n) is 8.87. The molecule has 3 nitrogen and oxygen atoms in total. The molecule has 1 heterocycles. The molecule has 0 spiro atoms. The lowest BCUT2D eigenvalue weighted by atomic mass is 10.2. The van der Waals surface area contributed by atoms with Crippen LogP contribution < -0.4 is 11.1 Å². The van der Waals surface area contributed by atoms with Crippen molar-refractivity contribution in [2.24, 2.45) is 0 Å². The number of aryl methyl sites for hydroxylation is 1. The second kappa shape index (κ2) is 4.18. The van der Waals surface area contributed by atoms with E-state index in [4.69, 9.17) is 5.73 Å². The Kier molecular flexibility index (Phi) is 2.72. The molecule has 0 fully saturated rings. The second-order valence-electron chi connectivity index (χ2n) is 3.52. The fourth-order valence-corrected chi connectivity index (χ4v) is 1.40. The van der Waals surface area contributed by atoms with Crippen LogP contribution in [0.4, 0.5) is 21.6 Å². The molecule has 0 saturated carbocycles. The molecule has 16 heavy (non-hydrogen) atoms. The maximum absolute atomic E-state index is 13.1. The largest absolute Gasteiger partial charge is 0.382 e. The van der Waals surface area contributed by atoms with Gasteiger partial charge in [0.25, 0.3) is 0 Å². The molecule has 0 radical (unpaired) electrons. The van der Waals surface area contributed by atoms with E-state index < -0.39 is 0 Å². The first-order valence-electron chi connectivity index (χ1n) is 4.90. The Morgan fingerprint density at radius 1 is 1.25 bits per heavy atom. The minimum atomic E-state index is -0.282. The monoisotopic (exact) mass is 217 g/mol. The summed E-state index contributed by atoms with van der Waals surface area (Å²) in [5, 5.41) is 3.05. The van der Waals surface area contributed by atoms with Gasteiger partial charge in [-0.05, 0) is 36.8 Å². The van der Waals surface area contributed by atoms with Gasteiger partial charge in [-0.2, -0.15) is 0 Å². The molecule has 0 aliphatic rings. The highest BCUT2D eigenvalue weighted by atomic mass is 19.1. The first kappa shape index (κ1) is 10.4. The molecule has 2 aromatic rings. The number of hydrogen-bond donors (Lipinski definition) is 2. The van der Waals surface area contributed by atoms with Crippen molar-refractivity contribution in [3.63, 3.8) is 0 Å². The average molecular weight is 217 g/mol. The van der Waals surface area contributed by atoms with Gasteiger partial charge < -0.3 is 11.1 Å². The van der Waals surface area contributed by atoms with Crippen molar-refractivity contribution in [1.29, 1.82) is 0 Å². The number of anilines is 3. The van der Waals surface area contributed by atoms with Crippen molar-refractivity contribution in [3.05, 3.63) is 47.9 Å². The van der Waals surface area contributed by atoms with Crippen molar-refractivity contribution in [3.8, 4) is 0 Å². The minimum Gasteiger partial charge on any atom is -0.382 e. The molecule has 1 aromatic carbocycles. The molecular formula is C12H12FN3. The van der Waals surface area contributed by atoms with Crippen LogP contribution in [0.5, 0.6) is 0 Å². The van der Waals surface area contributed by atoms with Gasteiger partial charge in [-0.15, -0.1) is 0 Å². The molecule has 0 bridgehead atoms. The minimum absolute atomic E-state index is 0.282. The van der Waals surface area contributed by atoms with E-state index in [1.54, 1.807) is 24.4 Å². The number of halogens is 1. The number of nitrogens with two attached hydrogens (primary N) is 1. The molecule has 0 aliphatic carbocycles. The summed E-state index contributed by atoms with van der Waals surface area (Å²) in [6, 6.07) is 8.14. The predicted molar refractivity (Wildman–Crippen MR) is 63.1 cm³/mol. The number of rotatable bonds is 2. The smallest absolute Gasteiger partial charge is 0.147 e. The number of pyridine rings is 1. The Morgan fingerprint density at radius 2 is 2.06 bits per heavy atom. The molecule has 0 aliphatic heterocycles. The number of aromatic nitrogens is 1. The van der Waals surface area contributed by atoms with Gasteiger partial charge in [-0.3, -0.25) is 0 Å². The normalized spacial score (nSPS) is 10.1. The number of nitrogens with one attached hydrogen (secondary N) is 1. The Hall–Kier alpha value is -2.10. The second-order valence-corrected chi connectivity index (χ2v) is 3.52. The van der Waals surface area contributed by atoms with Gasteiger partial charge in [0.1, 0.15) is 11.6 Å². The molecule has 0 unspecified atom stereocenters. The van der Waals surface area contributed by atoms with Gasteiger partial charge in [-0.1, -0.05) is 6.07 Å². The van der Waals surface area contributed by atoms with E-state index in [0.29, 0.717) is 17.2 Å². The Morgan fingerprint density at radius 3 is 2.81 bits per heavy atom. The summed E-state index contributed by atoms with van der Waals surface area (Å²) in [6.45, 7) is 1.90. The number of nitrogens with zero attached hydrogens (tertiary/aromatic N) is 1. The zero-order chi connectivity index (χ0) is 11.5. The van der Waals surface area contributed by atoms with Crippen LogP contribution in [0.2, 0.25) is 0 Å². The van der Waals surface area contributed by atoms with Crippen molar-refractivity contribution >= 4 is 17.2 Å². The summed E-state index contributed by atoms with van der Waals surface area (Å²) < 4.78 is 13.1. The summed E-state index contributed by atoms with van der Waals surface area (Å²) in [6.07, 6.45) is 1.61. The van der Waals surface area contributed by atoms with Gasteiger partial charge in [0, 0.05) is 11.9 Å². The third kappa shape index (κ3) is 2.11. The first-order chi connectivity index (χ1) is 7.66. The summed E-state index contributed by atoms with van der Waals surface area (Å²) in [5.74, 6) is 0.113. The van der Waals surface area contributed by atoms with E-state index >= 15 is 0 Å². The fourth-order valence-electron chi connectivity index (χ4n) is 1.40. The Balaban J connectivity index is 2.34. The topological polar surface area (TPSA) is 50.9 Å². The number of hydrogen-bond acceptors (Lipinski definition) is 3. The standard InChI is InChI=1S/C12H12FN3/c1-8-4-5-9(13)7-11(8)16-10-3-2-6-15-12(10)14/h2-7,16H,1H3,(H2,14,15). The Bertz CT molecular complexity index is 511. The van der Waals surface area contributed by atoms with Gasteiger partial charge in [0.15, 0.2) is 0 Å². The zero-order valence-corrected chi connectivity index (χ0v) is 8.87. The Labute approximate surface area is 93.1 Å². The highest BCUT2D eigenvalue weighted by Gasteiger charge is 2.03. The van der Waals surface area contributed by atoms with E-state index in [2.05, 4.69) is 10.3 Å². The SMILES string of the molecule is Cc1ccc(F)cc1Nc1cccnc1N. The molecule has 0 amide bonds. The highest BCUT2D eigenvalue weighted by Crippen LogP contribution is 2.23. The van der Waals surface area contributed by atoms with E-state index in [1.165, 1.54) is 12.1 Å². The predicted octanol–water partition coefficient (Wildman–Crippen LogP) is 2.85. The molecular weight excluding hydrogens is 205 g/mol. The van der Waals surface area contributed by atoms with Crippen LogP contribution >= 0.6 is 0 Å². The van der Waals surface area contributed by atoms with Gasteiger partial charge in [-0.25, -0.2) is 9.37 Å². The summed E-state index contributed by atoms with van der Waals surface area (Å²) in [5.41, 5.74) is 8.01. The molecule has 3 N–H and O–H groups in total. The highest BCUT2D eigenvalue weighted by molar-refractivity contribution is 5.70. The van der Waals surface area contributed by atoms with Gasteiger partial charge >= 0.3 is 0 Å². The quantitative estimate of drug-likeness (QED) is 0.813. The third-order valence-corrected chi connectivity index (χ3v) is 2.31. The molecule has 0 saturated heterocycles. The number of benzene rings is 1. The van der Waals surface area contributed by atoms with Crippen LogP contribution in [-0.2, 0) is 0 Å². The average Bonchev–Trinajstić information content (AvgIpc) is 2.27. The van der Waals surface area contributed by atoms with Crippen LogP contribution in [0, 0.1) is 12.7 Å². The lowest BCUT2D eigenvalue weighted by Crippen LogP contribution is -1.99. The van der Waals surface area contributed by atoms with E-state index in [1.807, 2.05) is 6.92 Å². The molecule has 0 atom stereocenters. The third-order valence-electron chi connectivity index (χ3n) is 2.31. The van der Waals surface area contributed by atoms with Crippen LogP contribution in [0.1, 0.15) is 5.56 Å². The molecule has 2 rings (SSSR count). The van der Waals surface area contributed by atoms with Crippen molar-refractivity contribution < 1.29 is 4.39 Å². The van der Waals surface area contributed by atoms with Crippen LogP contribution in [0.15, 0.2) is 36.5 Å². The molecule has 1 aromatic heterocycles. The van der Waals surface area contributed by atoms with Crippen molar-refractivity contribution in [1.82, 2.24) is 4.98 Å². The van der Waals surface area contributed by atoms with Gasteiger partial charge in [0.2, 0.25) is 0 Å².